The number of anilines is 11. The second-order valence-corrected chi connectivity index (χ2v) is 16.4. The number of benzene rings is 8. The van der Waals surface area contributed by atoms with Crippen LogP contribution in [-0.2, 0) is 0 Å². The Morgan fingerprint density at radius 3 is 1.40 bits per heavy atom. The third-order valence-corrected chi connectivity index (χ3v) is 13.4. The van der Waals surface area contributed by atoms with Crippen molar-refractivity contribution in [3.05, 3.63) is 218 Å². The maximum absolute atomic E-state index is 2.63. The molecule has 0 N–H and O–H groups in total. The minimum absolute atomic E-state index is 0.0279. The van der Waals surface area contributed by atoms with Gasteiger partial charge in [0.2, 0.25) is 6.71 Å². The largest absolute Gasteiger partial charge is 0.315 e. The van der Waals surface area contributed by atoms with Crippen LogP contribution in [0.1, 0.15) is 6.42 Å². The van der Waals surface area contributed by atoms with Crippen LogP contribution < -0.4 is 46.9 Å². The molecule has 0 spiro atoms. The van der Waals surface area contributed by atoms with Gasteiger partial charge in [0.1, 0.15) is 0 Å². The highest BCUT2D eigenvalue weighted by Gasteiger charge is 2.50. The van der Waals surface area contributed by atoms with E-state index in [0.29, 0.717) is 0 Å². The van der Waals surface area contributed by atoms with E-state index in [9.17, 15) is 0 Å². The topological polar surface area (TPSA) is 13.0 Å². The van der Waals surface area contributed by atoms with Crippen LogP contribution in [0.4, 0.5) is 62.6 Å². The first-order chi connectivity index (χ1) is 29.8. The number of para-hydroxylation sites is 5. The third-order valence-electron chi connectivity index (χ3n) is 13.4. The van der Waals surface area contributed by atoms with Gasteiger partial charge < -0.3 is 19.6 Å². The average Bonchev–Trinajstić information content (AvgIpc) is 3.32. The van der Waals surface area contributed by atoms with Crippen molar-refractivity contribution in [2.75, 3.05) is 19.6 Å². The molecule has 4 heterocycles. The molecule has 0 bridgehead atoms. The van der Waals surface area contributed by atoms with Gasteiger partial charge in [0.25, 0.3) is 6.71 Å². The van der Waals surface area contributed by atoms with Crippen LogP contribution in [0.3, 0.4) is 0 Å². The molecule has 5 aliphatic rings. The monoisotopic (exact) mass is 764 g/mol. The summed E-state index contributed by atoms with van der Waals surface area (Å²) in [5.74, 6) is 0.252. The Bertz CT molecular complexity index is 3060. The standard InChI is InChI=1S/C54H38B2N4/c1-5-19-37(20-6-1)57-45-29-15-13-27-41(45)55-43-35-44-52(36-51(43)59(39-23-9-3-10-24-39)49-33-17-31-47(57)53(49)55)60(40-25-11-4-12-26-40)50-34-18-32-48-54(50)56(44)42-28-14-16-30-46(42)58(48)38-21-7-2-8-22-38/h1-27,29-36,42H,28H2. The summed E-state index contributed by atoms with van der Waals surface area (Å²) in [6.07, 6.45) is 7.98. The first-order valence-corrected chi connectivity index (χ1v) is 21.1. The van der Waals surface area contributed by atoms with Crippen LogP contribution in [0.25, 0.3) is 0 Å². The molecule has 0 amide bonds. The zero-order valence-electron chi connectivity index (χ0n) is 32.9. The van der Waals surface area contributed by atoms with Crippen LogP contribution in [0, 0.1) is 0 Å². The summed E-state index contributed by atoms with van der Waals surface area (Å²) >= 11 is 0. The second-order valence-electron chi connectivity index (χ2n) is 16.4. The molecule has 4 aliphatic heterocycles. The van der Waals surface area contributed by atoms with E-state index < -0.39 is 0 Å². The minimum Gasteiger partial charge on any atom is -0.315 e. The Balaban J connectivity index is 1.13. The molecule has 6 heteroatoms. The van der Waals surface area contributed by atoms with Crippen molar-refractivity contribution in [2.24, 2.45) is 0 Å². The summed E-state index contributed by atoms with van der Waals surface area (Å²) in [4.78, 5) is 10.1. The van der Waals surface area contributed by atoms with Crippen LogP contribution in [0.5, 0.6) is 0 Å². The Labute approximate surface area is 351 Å². The van der Waals surface area contributed by atoms with Crippen LogP contribution in [0.2, 0.25) is 5.82 Å². The van der Waals surface area contributed by atoms with Crippen molar-refractivity contribution in [2.45, 2.75) is 12.2 Å². The van der Waals surface area contributed by atoms with Crippen LogP contribution >= 0.6 is 0 Å². The number of nitrogens with zero attached hydrogens (tertiary/aromatic N) is 4. The molecule has 8 aromatic rings. The maximum atomic E-state index is 2.63. The maximum Gasteiger partial charge on any atom is 0.252 e. The van der Waals surface area contributed by atoms with Gasteiger partial charge in [0.05, 0.1) is 0 Å². The van der Waals surface area contributed by atoms with Crippen molar-refractivity contribution in [3.8, 4) is 0 Å². The highest BCUT2D eigenvalue weighted by molar-refractivity contribution is 7.01. The molecule has 4 nitrogen and oxygen atoms in total. The summed E-state index contributed by atoms with van der Waals surface area (Å²) in [6.45, 7) is 0.175. The third kappa shape index (κ3) is 4.70. The van der Waals surface area contributed by atoms with Crippen LogP contribution in [0.15, 0.2) is 218 Å². The zero-order chi connectivity index (χ0) is 39.3. The van der Waals surface area contributed by atoms with Gasteiger partial charge in [-0.15, -0.1) is 0 Å². The zero-order valence-corrected chi connectivity index (χ0v) is 32.9. The molecule has 8 aromatic carbocycles. The minimum atomic E-state index is 0.0279. The summed E-state index contributed by atoms with van der Waals surface area (Å²) in [5, 5.41) is 0. The molecule has 0 saturated heterocycles. The van der Waals surface area contributed by atoms with Gasteiger partial charge in [0.15, 0.2) is 0 Å². The fourth-order valence-corrected chi connectivity index (χ4v) is 11.1. The molecule has 1 atom stereocenters. The van der Waals surface area contributed by atoms with E-state index in [0.717, 1.165) is 23.5 Å². The molecule has 0 fully saturated rings. The van der Waals surface area contributed by atoms with Gasteiger partial charge in [-0.25, -0.2) is 0 Å². The van der Waals surface area contributed by atoms with Crippen molar-refractivity contribution in [3.63, 3.8) is 0 Å². The van der Waals surface area contributed by atoms with E-state index >= 15 is 0 Å². The number of hydrogen-bond donors (Lipinski definition) is 0. The molecule has 60 heavy (non-hydrogen) atoms. The van der Waals surface area contributed by atoms with E-state index in [1.54, 1.807) is 0 Å². The summed E-state index contributed by atoms with van der Waals surface area (Å²) < 4.78 is 0. The Morgan fingerprint density at radius 2 is 0.817 bits per heavy atom. The lowest BCUT2D eigenvalue weighted by Crippen LogP contribution is -2.64. The van der Waals surface area contributed by atoms with Crippen molar-refractivity contribution in [1.29, 1.82) is 0 Å². The van der Waals surface area contributed by atoms with Gasteiger partial charge in [-0.1, -0.05) is 127 Å². The summed E-state index contributed by atoms with van der Waals surface area (Å²) in [7, 11) is 0. The van der Waals surface area contributed by atoms with E-state index in [-0.39, 0.29) is 19.2 Å². The number of allylic oxidation sites excluding steroid dienone is 4. The molecule has 280 valence electrons. The summed E-state index contributed by atoms with van der Waals surface area (Å²) in [5.41, 5.74) is 21.5. The smallest absolute Gasteiger partial charge is 0.252 e. The van der Waals surface area contributed by atoms with Gasteiger partial charge in [-0.3, -0.25) is 0 Å². The van der Waals surface area contributed by atoms with E-state index in [4.69, 9.17) is 0 Å². The van der Waals surface area contributed by atoms with Gasteiger partial charge in [0, 0.05) is 68.3 Å². The van der Waals surface area contributed by atoms with Gasteiger partial charge in [-0.2, -0.15) is 0 Å². The number of rotatable bonds is 4. The Kier molecular flexibility index (Phi) is 7.29. The van der Waals surface area contributed by atoms with Gasteiger partial charge >= 0.3 is 0 Å². The lowest BCUT2D eigenvalue weighted by atomic mass is 9.27. The molecule has 13 rings (SSSR count). The molecule has 0 radical (unpaired) electrons. The average molecular weight is 765 g/mol. The highest BCUT2D eigenvalue weighted by Crippen LogP contribution is 2.51. The first kappa shape index (κ1) is 33.5. The van der Waals surface area contributed by atoms with E-state index in [1.165, 1.54) is 78.5 Å². The van der Waals surface area contributed by atoms with Gasteiger partial charge in [-0.05, 0) is 125 Å². The molecule has 1 aliphatic carbocycles. The second kappa shape index (κ2) is 13.0. The van der Waals surface area contributed by atoms with Crippen molar-refractivity contribution in [1.82, 2.24) is 0 Å². The normalized spacial score (nSPS) is 16.3. The van der Waals surface area contributed by atoms with Crippen LogP contribution in [-0.4, -0.2) is 13.4 Å². The molecular formula is C54H38B2N4. The van der Waals surface area contributed by atoms with Crippen molar-refractivity contribution < 1.29 is 0 Å². The first-order valence-electron chi connectivity index (χ1n) is 21.1. The predicted molar refractivity (Wildman–Crippen MR) is 254 cm³/mol. The molecule has 1 unspecified atom stereocenters. The number of fused-ring (bicyclic) bond motifs is 8. The Hall–Kier alpha value is -7.43. The predicted octanol–water partition coefficient (Wildman–Crippen LogP) is 10.5. The number of hydrogen-bond acceptors (Lipinski definition) is 4. The Morgan fingerprint density at radius 1 is 0.367 bits per heavy atom. The highest BCUT2D eigenvalue weighted by atomic mass is 15.2. The van der Waals surface area contributed by atoms with E-state index in [1.807, 2.05) is 0 Å². The quantitative estimate of drug-likeness (QED) is 0.166. The summed E-state index contributed by atoms with van der Waals surface area (Å²) in [6, 6.07) is 71.9. The molecule has 0 aromatic heterocycles. The lowest BCUT2D eigenvalue weighted by Gasteiger charge is -2.49. The fourth-order valence-electron chi connectivity index (χ4n) is 11.1. The van der Waals surface area contributed by atoms with E-state index in [2.05, 4.69) is 232 Å². The molecular weight excluding hydrogens is 726 g/mol. The molecule has 0 saturated carbocycles. The lowest BCUT2D eigenvalue weighted by molar-refractivity contribution is 0.888. The SMILES string of the molecule is C1=CCC2B3c4cc5c(cc4N(c4ccccc4)c4cccc(c43)N(c3ccccc3)C2=C1)N(c1ccccc1)c1cccc2c1B5c1ccccc1N2c1ccccc1. The van der Waals surface area contributed by atoms with Crippen molar-refractivity contribution >= 4 is 103 Å². The fraction of sp³-hybridized carbons (Fsp3) is 0.0370.